The van der Waals surface area contributed by atoms with Gasteiger partial charge in [0.15, 0.2) is 0 Å². The van der Waals surface area contributed by atoms with E-state index in [1.54, 1.807) is 7.05 Å². The zero-order valence-corrected chi connectivity index (χ0v) is 13.2. The van der Waals surface area contributed by atoms with Crippen molar-refractivity contribution in [3.63, 3.8) is 0 Å². The molecule has 0 spiro atoms. The Morgan fingerprint density at radius 3 is 2.74 bits per heavy atom. The van der Waals surface area contributed by atoms with Gasteiger partial charge in [0, 0.05) is 13.1 Å². The Balaban J connectivity index is 1.84. The topological polar surface area (TPSA) is 75.7 Å². The number of benzene rings is 1. The van der Waals surface area contributed by atoms with E-state index in [4.69, 9.17) is 4.74 Å². The number of carbonyl (C=O) groups excluding carboxylic acids is 3. The molecule has 1 aliphatic rings. The third-order valence-corrected chi connectivity index (χ3v) is 4.07. The number of nitrogens with zero attached hydrogens (tertiary/aromatic N) is 1. The molecule has 124 valence electrons. The molecule has 1 aromatic carbocycles. The van der Waals surface area contributed by atoms with E-state index in [9.17, 15) is 14.4 Å². The van der Waals surface area contributed by atoms with Gasteiger partial charge >= 0.3 is 6.09 Å². The molecule has 2 atom stereocenters. The fraction of sp³-hybridized carbons (Fsp3) is 0.471. The second-order valence-corrected chi connectivity index (χ2v) is 5.74. The third kappa shape index (κ3) is 4.81. The van der Waals surface area contributed by atoms with Crippen LogP contribution in [0.2, 0.25) is 0 Å². The number of amides is 2. The van der Waals surface area contributed by atoms with Crippen molar-refractivity contribution < 1.29 is 19.1 Å². The zero-order valence-electron chi connectivity index (χ0n) is 13.2. The summed E-state index contributed by atoms with van der Waals surface area (Å²) in [5, 5.41) is 2.78. The molecule has 1 saturated carbocycles. The minimum atomic E-state index is -0.517. The summed E-state index contributed by atoms with van der Waals surface area (Å²) >= 11 is 0. The largest absolute Gasteiger partial charge is 0.445 e. The summed E-state index contributed by atoms with van der Waals surface area (Å²) < 4.78 is 5.19. The Hall–Kier alpha value is -2.37. The number of hydrogen-bond acceptors (Lipinski definition) is 4. The number of nitrogens with one attached hydrogen (secondary N) is 1. The number of carbonyl (C=O) groups is 3. The van der Waals surface area contributed by atoms with Crippen LogP contribution in [0, 0.1) is 5.92 Å². The SMILES string of the molecule is CN(CC=O)C(=O)[C@@H]1CCC[C@@H]1NC(=O)OCc1ccccc1. The lowest BCUT2D eigenvalue weighted by Crippen LogP contribution is -2.45. The standard InChI is InChI=1S/C17H22N2O4/c1-19(10-11-20)16(21)14-8-5-9-15(14)18-17(22)23-12-13-6-3-2-4-7-13/h2-4,6-7,11,14-15H,5,8-10,12H2,1H3,(H,18,22)/t14-,15+/m1/s1. The summed E-state index contributed by atoms with van der Waals surface area (Å²) in [5.74, 6) is -0.396. The highest BCUT2D eigenvalue weighted by Crippen LogP contribution is 2.27. The summed E-state index contributed by atoms with van der Waals surface area (Å²) in [6.45, 7) is 0.267. The number of hydrogen-bond donors (Lipinski definition) is 1. The van der Waals surface area contributed by atoms with Gasteiger partial charge < -0.3 is 19.7 Å². The van der Waals surface area contributed by atoms with Crippen LogP contribution in [0.3, 0.4) is 0 Å². The van der Waals surface area contributed by atoms with Crippen LogP contribution >= 0.6 is 0 Å². The molecule has 0 saturated heterocycles. The van der Waals surface area contributed by atoms with Crippen molar-refractivity contribution in [2.45, 2.75) is 31.9 Å². The summed E-state index contributed by atoms with van der Waals surface area (Å²) in [5.41, 5.74) is 0.910. The molecule has 0 aromatic heterocycles. The normalized spacial score (nSPS) is 19.9. The molecule has 0 radical (unpaired) electrons. The van der Waals surface area contributed by atoms with Gasteiger partial charge in [0.2, 0.25) is 5.91 Å². The van der Waals surface area contributed by atoms with Crippen LogP contribution in [0.4, 0.5) is 4.79 Å². The fourth-order valence-corrected chi connectivity index (χ4v) is 2.83. The quantitative estimate of drug-likeness (QED) is 0.811. The Bertz CT molecular complexity index is 547. The lowest BCUT2D eigenvalue weighted by molar-refractivity contribution is -0.136. The maximum absolute atomic E-state index is 12.3. The first-order chi connectivity index (χ1) is 11.1. The van der Waals surface area contributed by atoms with E-state index in [0.717, 1.165) is 18.4 Å². The molecule has 1 N–H and O–H groups in total. The van der Waals surface area contributed by atoms with E-state index in [2.05, 4.69) is 5.32 Å². The second-order valence-electron chi connectivity index (χ2n) is 5.74. The third-order valence-electron chi connectivity index (χ3n) is 4.07. The van der Waals surface area contributed by atoms with E-state index in [1.165, 1.54) is 4.90 Å². The highest BCUT2D eigenvalue weighted by Gasteiger charge is 2.35. The molecule has 1 fully saturated rings. The monoisotopic (exact) mass is 318 g/mol. The molecule has 1 aliphatic carbocycles. The Morgan fingerprint density at radius 2 is 2.04 bits per heavy atom. The summed E-state index contributed by atoms with van der Waals surface area (Å²) in [4.78, 5) is 36.1. The van der Waals surface area contributed by atoms with Gasteiger partial charge in [-0.05, 0) is 18.4 Å². The predicted octanol–water partition coefficient (Wildman–Crippen LogP) is 1.74. The lowest BCUT2D eigenvalue weighted by Gasteiger charge is -2.24. The molecule has 0 aliphatic heterocycles. The number of rotatable bonds is 6. The number of likely N-dealkylation sites (N-methyl/N-ethyl adjacent to an activating group) is 1. The first-order valence-electron chi connectivity index (χ1n) is 7.77. The number of alkyl carbamates (subject to hydrolysis) is 1. The highest BCUT2D eigenvalue weighted by molar-refractivity contribution is 5.82. The van der Waals surface area contributed by atoms with Crippen LogP contribution in [-0.4, -0.2) is 42.8 Å². The summed E-state index contributed by atoms with van der Waals surface area (Å²) in [6, 6.07) is 9.18. The van der Waals surface area contributed by atoms with Crippen LogP contribution in [0.15, 0.2) is 30.3 Å². The molecule has 0 heterocycles. The predicted molar refractivity (Wildman–Crippen MR) is 84.6 cm³/mol. The average molecular weight is 318 g/mol. The Kier molecular flexibility index (Phi) is 6.14. The van der Waals surface area contributed by atoms with Crippen LogP contribution in [0.1, 0.15) is 24.8 Å². The van der Waals surface area contributed by atoms with Crippen molar-refractivity contribution in [1.82, 2.24) is 10.2 Å². The van der Waals surface area contributed by atoms with Crippen molar-refractivity contribution in [3.05, 3.63) is 35.9 Å². The van der Waals surface area contributed by atoms with Gasteiger partial charge in [-0.1, -0.05) is 36.8 Å². The fourth-order valence-electron chi connectivity index (χ4n) is 2.83. The molecular formula is C17H22N2O4. The molecular weight excluding hydrogens is 296 g/mol. The van der Waals surface area contributed by atoms with E-state index >= 15 is 0 Å². The maximum Gasteiger partial charge on any atom is 0.407 e. The minimum absolute atomic E-state index is 0.0699. The Labute approximate surface area is 135 Å². The van der Waals surface area contributed by atoms with Crippen LogP contribution < -0.4 is 5.32 Å². The molecule has 0 bridgehead atoms. The highest BCUT2D eigenvalue weighted by atomic mass is 16.5. The summed E-state index contributed by atoms with van der Waals surface area (Å²) in [6.07, 6.45) is 2.51. The number of ether oxygens (including phenoxy) is 1. The van der Waals surface area contributed by atoms with Crippen LogP contribution in [0.25, 0.3) is 0 Å². The van der Waals surface area contributed by atoms with Gasteiger partial charge in [0.1, 0.15) is 12.9 Å². The zero-order chi connectivity index (χ0) is 16.7. The van der Waals surface area contributed by atoms with Crippen LogP contribution in [-0.2, 0) is 20.9 Å². The van der Waals surface area contributed by atoms with Crippen molar-refractivity contribution in [1.29, 1.82) is 0 Å². The minimum Gasteiger partial charge on any atom is -0.445 e. The van der Waals surface area contributed by atoms with Crippen LogP contribution in [0.5, 0.6) is 0 Å². The van der Waals surface area contributed by atoms with Gasteiger partial charge in [-0.15, -0.1) is 0 Å². The van der Waals surface area contributed by atoms with E-state index in [-0.39, 0.29) is 31.0 Å². The average Bonchev–Trinajstić information content (AvgIpc) is 3.01. The molecule has 1 aromatic rings. The van der Waals surface area contributed by atoms with Gasteiger partial charge in [0.25, 0.3) is 0 Å². The van der Waals surface area contributed by atoms with Gasteiger partial charge in [-0.2, -0.15) is 0 Å². The van der Waals surface area contributed by atoms with E-state index < -0.39 is 6.09 Å². The lowest BCUT2D eigenvalue weighted by atomic mass is 10.0. The Morgan fingerprint density at radius 1 is 1.30 bits per heavy atom. The summed E-state index contributed by atoms with van der Waals surface area (Å²) in [7, 11) is 1.60. The smallest absolute Gasteiger partial charge is 0.407 e. The van der Waals surface area contributed by atoms with Crippen molar-refractivity contribution in [2.24, 2.45) is 5.92 Å². The number of aldehydes is 1. The van der Waals surface area contributed by atoms with E-state index in [0.29, 0.717) is 12.7 Å². The first-order valence-corrected chi connectivity index (χ1v) is 7.77. The molecule has 2 amide bonds. The second kappa shape index (κ2) is 8.31. The van der Waals surface area contributed by atoms with Gasteiger partial charge in [0.05, 0.1) is 12.5 Å². The molecule has 6 nitrogen and oxygen atoms in total. The van der Waals surface area contributed by atoms with Crippen molar-refractivity contribution in [2.75, 3.05) is 13.6 Å². The molecule has 0 unspecified atom stereocenters. The van der Waals surface area contributed by atoms with Gasteiger partial charge in [-0.25, -0.2) is 4.79 Å². The van der Waals surface area contributed by atoms with Crippen molar-refractivity contribution >= 4 is 18.3 Å². The molecule has 6 heteroatoms. The molecule has 23 heavy (non-hydrogen) atoms. The van der Waals surface area contributed by atoms with E-state index in [1.807, 2.05) is 30.3 Å². The molecule has 2 rings (SSSR count). The maximum atomic E-state index is 12.3. The first kappa shape index (κ1) is 17.0. The van der Waals surface area contributed by atoms with Gasteiger partial charge in [-0.3, -0.25) is 4.79 Å². The van der Waals surface area contributed by atoms with Crippen molar-refractivity contribution in [3.8, 4) is 0 Å².